The number of allylic oxidation sites excluding steroid dienone is 4. The van der Waals surface area contributed by atoms with Crippen molar-refractivity contribution in [2.45, 2.75) is 25.7 Å². The standard InChI is InChI=1S/C8H11.2BrH.Pt/c1-2-4-6-8-7-5-3-1;;;/h1-2,7H,3-6H2;2*1H;/q;;;+2/p-2. The van der Waals surface area contributed by atoms with Gasteiger partial charge in [0.1, 0.15) is 0 Å². The zero-order valence-electron chi connectivity index (χ0n) is 6.13. The molecule has 1 rings (SSSR count). The second kappa shape index (κ2) is 5.72. The second-order valence-electron chi connectivity index (χ2n) is 2.36. The van der Waals surface area contributed by atoms with Gasteiger partial charge in [-0.05, 0) is 0 Å². The summed E-state index contributed by atoms with van der Waals surface area (Å²) in [5.74, 6) is 0. The van der Waals surface area contributed by atoms with Crippen LogP contribution in [0.5, 0.6) is 0 Å². The fraction of sp³-hybridized carbons (Fsp3) is 0.500. The van der Waals surface area contributed by atoms with Gasteiger partial charge in [-0.3, -0.25) is 0 Å². The predicted octanol–water partition coefficient (Wildman–Crippen LogP) is 4.24. The fourth-order valence-electron chi connectivity index (χ4n) is 0.986. The number of rotatable bonds is 1. The first kappa shape index (κ1) is 10.2. The molecule has 0 radical (unpaired) electrons. The maximum atomic E-state index is 3.68. The molecule has 0 saturated heterocycles. The van der Waals surface area contributed by atoms with E-state index in [2.05, 4.69) is 44.8 Å². The molecule has 67 valence electrons. The number of hydrogen-bond donors (Lipinski definition) is 0. The molecule has 0 aromatic heterocycles. The van der Waals surface area contributed by atoms with Gasteiger partial charge >= 0.3 is 87.7 Å². The molecule has 0 spiro atoms. The van der Waals surface area contributed by atoms with Crippen LogP contribution < -0.4 is 0 Å². The predicted molar refractivity (Wildman–Crippen MR) is 53.5 cm³/mol. The van der Waals surface area contributed by atoms with Gasteiger partial charge in [0, 0.05) is 0 Å². The van der Waals surface area contributed by atoms with Crippen LogP contribution in [0.3, 0.4) is 0 Å². The van der Waals surface area contributed by atoms with Gasteiger partial charge < -0.3 is 0 Å². The normalized spacial score (nSPS) is 20.2. The zero-order chi connectivity index (χ0) is 8.10. The van der Waals surface area contributed by atoms with Crippen molar-refractivity contribution in [3.63, 3.8) is 0 Å². The van der Waals surface area contributed by atoms with Crippen molar-refractivity contribution >= 4 is 26.6 Å². The van der Waals surface area contributed by atoms with Crippen molar-refractivity contribution in [1.82, 2.24) is 0 Å². The van der Waals surface area contributed by atoms with E-state index in [-0.39, 0.29) is 0 Å². The minimum absolute atomic E-state index is 1.01. The zero-order valence-corrected chi connectivity index (χ0v) is 11.6. The molecule has 0 aliphatic heterocycles. The first-order chi connectivity index (χ1) is 5.30. The summed E-state index contributed by atoms with van der Waals surface area (Å²) >= 11 is 6.34. The average Bonchev–Trinajstić information content (AvgIpc) is 1.84. The Bertz CT molecular complexity index is 173. The van der Waals surface area contributed by atoms with Crippen LogP contribution in [-0.2, 0) is 13.2 Å². The SMILES string of the molecule is [Br][Pt]([Br])[C]1=CCCC=CCC1. The topological polar surface area (TPSA) is 0 Å². The summed E-state index contributed by atoms with van der Waals surface area (Å²) < 4.78 is 1.64. The molecule has 0 N–H and O–H groups in total. The quantitative estimate of drug-likeness (QED) is 0.512. The number of hydrogen-bond acceptors (Lipinski definition) is 0. The first-order valence-electron chi connectivity index (χ1n) is 3.60. The summed E-state index contributed by atoms with van der Waals surface area (Å²) in [4.78, 5) is 0. The van der Waals surface area contributed by atoms with Crippen LogP contribution in [0, 0.1) is 0 Å². The van der Waals surface area contributed by atoms with Gasteiger partial charge in [-0.15, -0.1) is 0 Å². The van der Waals surface area contributed by atoms with Crippen LogP contribution in [-0.4, -0.2) is 0 Å². The van der Waals surface area contributed by atoms with Crippen molar-refractivity contribution in [1.29, 1.82) is 0 Å². The third-order valence-electron chi connectivity index (χ3n) is 1.54. The molecule has 1 aliphatic carbocycles. The Morgan fingerprint density at radius 3 is 2.55 bits per heavy atom. The second-order valence-corrected chi connectivity index (χ2v) is 18.7. The molecule has 0 saturated carbocycles. The van der Waals surface area contributed by atoms with Crippen LogP contribution in [0.2, 0.25) is 0 Å². The van der Waals surface area contributed by atoms with Crippen LogP contribution in [0.1, 0.15) is 25.7 Å². The Morgan fingerprint density at radius 1 is 1.09 bits per heavy atom. The molecule has 0 fully saturated rings. The summed E-state index contributed by atoms with van der Waals surface area (Å²) in [7, 11) is 0. The molecule has 0 nitrogen and oxygen atoms in total. The van der Waals surface area contributed by atoms with Gasteiger partial charge in [0.15, 0.2) is 0 Å². The van der Waals surface area contributed by atoms with Crippen molar-refractivity contribution in [2.24, 2.45) is 0 Å². The van der Waals surface area contributed by atoms with E-state index < -0.39 is 13.2 Å². The van der Waals surface area contributed by atoms with Crippen molar-refractivity contribution in [3.8, 4) is 0 Å². The van der Waals surface area contributed by atoms with E-state index in [0.717, 1.165) is 0 Å². The molecule has 0 aromatic rings. The Labute approximate surface area is 87.0 Å². The van der Waals surface area contributed by atoms with E-state index in [1.807, 2.05) is 0 Å². The average molecular weight is 462 g/mol. The third kappa shape index (κ3) is 4.05. The number of halogens is 2. The van der Waals surface area contributed by atoms with Crippen molar-refractivity contribution in [2.75, 3.05) is 0 Å². The van der Waals surface area contributed by atoms with Gasteiger partial charge in [0.25, 0.3) is 0 Å². The van der Waals surface area contributed by atoms with Gasteiger partial charge in [-0.1, -0.05) is 0 Å². The molecular formula is C8H11Br2Pt. The molecule has 0 unspecified atom stereocenters. The molecule has 11 heavy (non-hydrogen) atoms. The maximum absolute atomic E-state index is 3.68. The Morgan fingerprint density at radius 2 is 1.82 bits per heavy atom. The summed E-state index contributed by atoms with van der Waals surface area (Å²) in [5, 5.41) is 0. The van der Waals surface area contributed by atoms with Gasteiger partial charge in [0.2, 0.25) is 0 Å². The Hall–Kier alpha value is 1.13. The van der Waals surface area contributed by atoms with E-state index in [4.69, 9.17) is 0 Å². The molecule has 0 aromatic carbocycles. The molecule has 0 heterocycles. The van der Waals surface area contributed by atoms with Gasteiger partial charge in [-0.2, -0.15) is 0 Å². The summed E-state index contributed by atoms with van der Waals surface area (Å²) in [6.07, 6.45) is 11.9. The third-order valence-corrected chi connectivity index (χ3v) is 8.95. The minimum atomic E-state index is -1.01. The molecular weight excluding hydrogens is 451 g/mol. The molecule has 0 atom stereocenters. The van der Waals surface area contributed by atoms with E-state index in [1.54, 1.807) is 3.96 Å². The van der Waals surface area contributed by atoms with Gasteiger partial charge in [-0.25, -0.2) is 0 Å². The first-order valence-corrected chi connectivity index (χ1v) is 14.7. The monoisotopic (exact) mass is 460 g/mol. The van der Waals surface area contributed by atoms with Crippen molar-refractivity contribution in [3.05, 3.63) is 22.2 Å². The summed E-state index contributed by atoms with van der Waals surface area (Å²) in [6.45, 7) is 0. The molecule has 3 heteroatoms. The van der Waals surface area contributed by atoms with Crippen LogP contribution in [0.25, 0.3) is 0 Å². The molecule has 0 bridgehead atoms. The van der Waals surface area contributed by atoms with Crippen LogP contribution in [0.15, 0.2) is 22.2 Å². The fourth-order valence-corrected chi connectivity index (χ4v) is 6.15. The van der Waals surface area contributed by atoms with E-state index in [1.165, 1.54) is 25.7 Å². The molecule has 1 aliphatic rings. The van der Waals surface area contributed by atoms with Crippen LogP contribution in [0.4, 0.5) is 0 Å². The van der Waals surface area contributed by atoms with Crippen LogP contribution >= 0.6 is 26.6 Å². The van der Waals surface area contributed by atoms with E-state index in [0.29, 0.717) is 0 Å². The molecule has 0 amide bonds. The van der Waals surface area contributed by atoms with Crippen molar-refractivity contribution < 1.29 is 13.2 Å². The Kier molecular flexibility index (Phi) is 5.31. The Balaban J connectivity index is 2.50. The summed E-state index contributed by atoms with van der Waals surface area (Å²) in [6, 6.07) is 0. The summed E-state index contributed by atoms with van der Waals surface area (Å²) in [5.41, 5.74) is 0. The van der Waals surface area contributed by atoms with E-state index in [9.17, 15) is 0 Å². The van der Waals surface area contributed by atoms with Gasteiger partial charge in [0.05, 0.1) is 0 Å². The van der Waals surface area contributed by atoms with E-state index >= 15 is 0 Å².